The Kier molecular flexibility index (Phi) is 5.30. The third-order valence-electron chi connectivity index (χ3n) is 8.05. The van der Waals surface area contributed by atoms with Crippen LogP contribution in [0, 0.1) is 0 Å². The van der Waals surface area contributed by atoms with E-state index in [4.69, 9.17) is 15.0 Å². The van der Waals surface area contributed by atoms with Crippen molar-refractivity contribution in [2.45, 2.75) is 18.9 Å². The van der Waals surface area contributed by atoms with Gasteiger partial charge in [-0.15, -0.1) is 0 Å². The minimum Gasteiger partial charge on any atom is -0.337 e. The average molecular weight is 515 g/mol. The van der Waals surface area contributed by atoms with Crippen LogP contribution in [0.15, 0.2) is 127 Å². The lowest BCUT2D eigenvalue weighted by Crippen LogP contribution is -2.22. The monoisotopic (exact) mass is 514 g/mol. The zero-order chi connectivity index (χ0) is 26.5. The highest BCUT2D eigenvalue weighted by Crippen LogP contribution is 2.48. The van der Waals surface area contributed by atoms with Crippen molar-refractivity contribution in [3.8, 4) is 45.3 Å². The van der Waals surface area contributed by atoms with E-state index >= 15 is 0 Å². The number of rotatable bonds is 4. The maximum atomic E-state index is 4.95. The third kappa shape index (κ3) is 3.80. The van der Waals surface area contributed by atoms with Gasteiger partial charge in [0, 0.05) is 34.1 Å². The molecule has 6 aromatic rings. The Bertz CT molecular complexity index is 1810. The van der Waals surface area contributed by atoms with Crippen molar-refractivity contribution in [3.05, 3.63) is 139 Å². The molecule has 4 heteroatoms. The fraction of sp³-hybridized carbons (Fsp3) is 0.0833. The van der Waals surface area contributed by atoms with Gasteiger partial charge in [0.25, 0.3) is 0 Å². The predicted octanol–water partition coefficient (Wildman–Crippen LogP) is 8.16. The highest BCUT2D eigenvalue weighted by molar-refractivity contribution is 5.84. The molecule has 1 atom stereocenters. The first kappa shape index (κ1) is 22.9. The molecule has 3 heterocycles. The molecule has 1 unspecified atom stereocenters. The summed E-state index contributed by atoms with van der Waals surface area (Å²) in [4.78, 5) is 17.3. The summed E-state index contributed by atoms with van der Waals surface area (Å²) in [5.41, 5.74) is 10.9. The molecule has 5 aromatic carbocycles. The summed E-state index contributed by atoms with van der Waals surface area (Å²) in [6.45, 7) is 0. The van der Waals surface area contributed by atoms with E-state index in [1.807, 2.05) is 60.7 Å². The molecule has 2 aliphatic rings. The van der Waals surface area contributed by atoms with Gasteiger partial charge in [-0.1, -0.05) is 109 Å². The van der Waals surface area contributed by atoms with Gasteiger partial charge >= 0.3 is 0 Å². The Hall–Kier alpha value is -5.09. The van der Waals surface area contributed by atoms with Crippen LogP contribution >= 0.6 is 0 Å². The van der Waals surface area contributed by atoms with Crippen LogP contribution in [0.25, 0.3) is 45.3 Å². The van der Waals surface area contributed by atoms with Crippen molar-refractivity contribution in [2.75, 3.05) is 4.90 Å². The minimum atomic E-state index is 0.488. The average Bonchev–Trinajstić information content (AvgIpc) is 3.58. The first-order valence-electron chi connectivity index (χ1n) is 13.8. The summed E-state index contributed by atoms with van der Waals surface area (Å²) in [5.74, 6) is 2.03. The fourth-order valence-electron chi connectivity index (χ4n) is 6.23. The summed E-state index contributed by atoms with van der Waals surface area (Å²) < 4.78 is 0. The normalized spacial score (nSPS) is 15.0. The Labute approximate surface area is 233 Å². The number of aromatic nitrogens is 3. The second kappa shape index (κ2) is 9.28. The first-order valence-corrected chi connectivity index (χ1v) is 13.8. The van der Waals surface area contributed by atoms with Gasteiger partial charge in [-0.05, 0) is 53.3 Å². The molecule has 0 fully saturated rings. The molecule has 0 amide bonds. The highest BCUT2D eigenvalue weighted by atomic mass is 15.2. The molecule has 2 aliphatic heterocycles. The molecule has 40 heavy (non-hydrogen) atoms. The number of hydrogen-bond donors (Lipinski definition) is 0. The van der Waals surface area contributed by atoms with Crippen molar-refractivity contribution in [1.82, 2.24) is 15.0 Å². The van der Waals surface area contributed by atoms with E-state index in [1.165, 1.54) is 33.6 Å². The van der Waals surface area contributed by atoms with E-state index < -0.39 is 0 Å². The Morgan fingerprint density at radius 2 is 1.02 bits per heavy atom. The van der Waals surface area contributed by atoms with E-state index in [0.717, 1.165) is 29.5 Å². The van der Waals surface area contributed by atoms with Crippen LogP contribution < -0.4 is 4.90 Å². The molecule has 1 aromatic heterocycles. The molecule has 0 bridgehead atoms. The number of anilines is 2. The van der Waals surface area contributed by atoms with Crippen molar-refractivity contribution in [1.29, 1.82) is 0 Å². The van der Waals surface area contributed by atoms with Crippen LogP contribution in [0.3, 0.4) is 0 Å². The van der Waals surface area contributed by atoms with Gasteiger partial charge in [0.1, 0.15) is 0 Å². The van der Waals surface area contributed by atoms with Crippen LogP contribution in [-0.4, -0.2) is 21.0 Å². The van der Waals surface area contributed by atoms with Gasteiger partial charge < -0.3 is 4.90 Å². The molecule has 0 saturated heterocycles. The fourth-order valence-corrected chi connectivity index (χ4v) is 6.23. The van der Waals surface area contributed by atoms with E-state index in [-0.39, 0.29) is 0 Å². The van der Waals surface area contributed by atoms with E-state index in [0.29, 0.717) is 23.5 Å². The molecule has 0 aliphatic carbocycles. The standard InChI is InChI=1S/C36H26N4/c1-3-11-24(12-4-1)34-37-35(25-13-5-2-6-14-25)39-36(38-34)28-17-9-16-26(21-28)30-18-10-20-33-31(30)23-29-22-27-15-7-8-19-32(27)40(29)33/h1-21,29H,22-23H2. The number of hydrogen-bond acceptors (Lipinski definition) is 4. The molecular formula is C36H26N4. The van der Waals surface area contributed by atoms with E-state index in [2.05, 4.69) is 71.6 Å². The second-order valence-corrected chi connectivity index (χ2v) is 10.5. The van der Waals surface area contributed by atoms with Crippen molar-refractivity contribution >= 4 is 11.4 Å². The van der Waals surface area contributed by atoms with Gasteiger partial charge in [0.15, 0.2) is 17.5 Å². The Morgan fingerprint density at radius 3 is 1.75 bits per heavy atom. The molecule has 190 valence electrons. The Balaban J connectivity index is 1.23. The topological polar surface area (TPSA) is 41.9 Å². The molecule has 8 rings (SSSR count). The zero-order valence-electron chi connectivity index (χ0n) is 21.9. The van der Waals surface area contributed by atoms with Crippen LogP contribution in [0.2, 0.25) is 0 Å². The number of fused-ring (bicyclic) bond motifs is 5. The minimum absolute atomic E-state index is 0.488. The zero-order valence-corrected chi connectivity index (χ0v) is 21.9. The van der Waals surface area contributed by atoms with Crippen LogP contribution in [0.1, 0.15) is 11.1 Å². The molecule has 0 saturated carbocycles. The molecular weight excluding hydrogens is 488 g/mol. The largest absolute Gasteiger partial charge is 0.337 e. The quantitative estimate of drug-likeness (QED) is 0.238. The van der Waals surface area contributed by atoms with Gasteiger partial charge in [0.2, 0.25) is 0 Å². The molecule has 0 spiro atoms. The van der Waals surface area contributed by atoms with Crippen molar-refractivity contribution in [3.63, 3.8) is 0 Å². The lowest BCUT2D eigenvalue weighted by atomic mass is 9.94. The summed E-state index contributed by atoms with van der Waals surface area (Å²) in [5, 5.41) is 0. The summed E-state index contributed by atoms with van der Waals surface area (Å²) >= 11 is 0. The number of nitrogens with zero attached hydrogens (tertiary/aromatic N) is 4. The molecule has 4 nitrogen and oxygen atoms in total. The molecule has 0 N–H and O–H groups in total. The highest BCUT2D eigenvalue weighted by Gasteiger charge is 2.37. The number of benzene rings is 5. The van der Waals surface area contributed by atoms with E-state index in [1.54, 1.807) is 0 Å². The van der Waals surface area contributed by atoms with Crippen LogP contribution in [-0.2, 0) is 12.8 Å². The summed E-state index contributed by atoms with van der Waals surface area (Å²) in [7, 11) is 0. The molecule has 0 radical (unpaired) electrons. The predicted molar refractivity (Wildman–Crippen MR) is 161 cm³/mol. The van der Waals surface area contributed by atoms with Gasteiger partial charge in [-0.25, -0.2) is 15.0 Å². The van der Waals surface area contributed by atoms with E-state index in [9.17, 15) is 0 Å². The van der Waals surface area contributed by atoms with Gasteiger partial charge in [-0.2, -0.15) is 0 Å². The van der Waals surface area contributed by atoms with Crippen molar-refractivity contribution in [2.24, 2.45) is 0 Å². The smallest absolute Gasteiger partial charge is 0.164 e. The van der Waals surface area contributed by atoms with Gasteiger partial charge in [-0.3, -0.25) is 0 Å². The maximum Gasteiger partial charge on any atom is 0.164 e. The summed E-state index contributed by atoms with van der Waals surface area (Å²) in [6, 6.07) is 44.9. The van der Waals surface area contributed by atoms with Crippen LogP contribution in [0.5, 0.6) is 0 Å². The number of para-hydroxylation sites is 1. The van der Waals surface area contributed by atoms with Crippen molar-refractivity contribution < 1.29 is 0 Å². The first-order chi connectivity index (χ1) is 19.8. The Morgan fingerprint density at radius 1 is 0.475 bits per heavy atom. The lowest BCUT2D eigenvalue weighted by molar-refractivity contribution is 0.726. The SMILES string of the molecule is c1ccc(-c2nc(-c3ccccc3)nc(-c3cccc(-c4cccc5c4CC4Cc6ccccc6N54)c3)n2)cc1. The summed E-state index contributed by atoms with van der Waals surface area (Å²) in [6.07, 6.45) is 2.15. The third-order valence-corrected chi connectivity index (χ3v) is 8.05. The van der Waals surface area contributed by atoms with Crippen LogP contribution in [0.4, 0.5) is 11.4 Å². The van der Waals surface area contributed by atoms with Gasteiger partial charge in [0.05, 0.1) is 0 Å². The second-order valence-electron chi connectivity index (χ2n) is 10.5. The maximum absolute atomic E-state index is 4.95. The lowest BCUT2D eigenvalue weighted by Gasteiger charge is -2.20.